The highest BCUT2D eigenvalue weighted by Crippen LogP contribution is 2.34. The van der Waals surface area contributed by atoms with E-state index in [4.69, 9.17) is 16.1 Å². The van der Waals surface area contributed by atoms with E-state index in [0.717, 1.165) is 12.1 Å². The number of halogens is 6. The van der Waals surface area contributed by atoms with E-state index >= 15 is 0 Å². The molecule has 194 valence electrons. The number of piperidine rings is 1. The molecule has 7 nitrogen and oxygen atoms in total. The normalized spacial score (nSPS) is 15.4. The Kier molecular flexibility index (Phi) is 6.63. The molecule has 37 heavy (non-hydrogen) atoms. The van der Waals surface area contributed by atoms with Gasteiger partial charge in [-0.15, -0.1) is 0 Å². The number of likely N-dealkylation sites (tertiary alicyclic amines) is 1. The minimum atomic E-state index is -4.23. The molecule has 13 heteroatoms. The van der Waals surface area contributed by atoms with Gasteiger partial charge in [-0.2, -0.15) is 13.2 Å². The Bertz CT molecular complexity index is 1460. The van der Waals surface area contributed by atoms with Crippen LogP contribution in [-0.4, -0.2) is 51.7 Å². The zero-order chi connectivity index (χ0) is 26.3. The highest BCUT2D eigenvalue weighted by atomic mass is 35.5. The number of fused-ring (bicyclic) bond motifs is 1. The van der Waals surface area contributed by atoms with Gasteiger partial charge in [-0.25, -0.2) is 8.78 Å². The Hall–Kier alpha value is -3.51. The first-order chi connectivity index (χ1) is 17.6. The average molecular weight is 540 g/mol. The Morgan fingerprint density at radius 1 is 1.16 bits per heavy atom. The Morgan fingerprint density at radius 2 is 1.89 bits per heavy atom. The second-order valence-electron chi connectivity index (χ2n) is 8.80. The molecule has 0 aliphatic carbocycles. The molecule has 1 aliphatic heterocycles. The van der Waals surface area contributed by atoms with Crippen LogP contribution in [0.4, 0.5) is 27.6 Å². The van der Waals surface area contributed by atoms with Crippen LogP contribution in [0, 0.1) is 11.6 Å². The summed E-state index contributed by atoms with van der Waals surface area (Å²) in [6, 6.07) is 4.94. The zero-order valence-corrected chi connectivity index (χ0v) is 19.8. The van der Waals surface area contributed by atoms with E-state index in [0.29, 0.717) is 47.7 Å². The molecule has 0 atom stereocenters. The molecular formula is C24H19ClF5N5O2. The molecule has 1 fully saturated rings. The lowest BCUT2D eigenvalue weighted by atomic mass is 9.92. The quantitative estimate of drug-likeness (QED) is 0.297. The monoisotopic (exact) mass is 539 g/mol. The van der Waals surface area contributed by atoms with Crippen LogP contribution in [0.3, 0.4) is 0 Å². The standard InChI is InChI=1S/C24H19ClF5N5O2/c25-15-5-13(9-32-22(15)12-1-3-35(4-2-12)11-24(28,29)30)21-8-19(34-37-21)23(36)33-20-10-31-18-7-17(27)16(26)6-14(18)20/h5-10,12,31H,1-4,11H2,(H,33,36). The van der Waals surface area contributed by atoms with Gasteiger partial charge in [-0.3, -0.25) is 14.7 Å². The van der Waals surface area contributed by atoms with Crippen molar-refractivity contribution in [2.24, 2.45) is 0 Å². The van der Waals surface area contributed by atoms with Crippen molar-refractivity contribution in [1.82, 2.24) is 20.0 Å². The summed E-state index contributed by atoms with van der Waals surface area (Å²) >= 11 is 6.44. The number of pyridine rings is 1. The van der Waals surface area contributed by atoms with Gasteiger partial charge in [0.25, 0.3) is 5.91 Å². The van der Waals surface area contributed by atoms with Gasteiger partial charge in [0.2, 0.25) is 0 Å². The Morgan fingerprint density at radius 3 is 2.59 bits per heavy atom. The van der Waals surface area contributed by atoms with E-state index in [1.165, 1.54) is 23.4 Å². The highest BCUT2D eigenvalue weighted by molar-refractivity contribution is 6.31. The van der Waals surface area contributed by atoms with Gasteiger partial charge >= 0.3 is 6.18 Å². The van der Waals surface area contributed by atoms with Crippen molar-refractivity contribution < 1.29 is 31.3 Å². The van der Waals surface area contributed by atoms with Gasteiger partial charge in [-0.1, -0.05) is 16.8 Å². The van der Waals surface area contributed by atoms with Crippen LogP contribution in [0.25, 0.3) is 22.2 Å². The number of hydrogen-bond donors (Lipinski definition) is 2. The van der Waals surface area contributed by atoms with Gasteiger partial charge in [0.15, 0.2) is 23.1 Å². The number of rotatable bonds is 5. The lowest BCUT2D eigenvalue weighted by molar-refractivity contribution is -0.147. The molecule has 4 heterocycles. The van der Waals surface area contributed by atoms with E-state index in [9.17, 15) is 26.7 Å². The number of amides is 1. The number of carbonyl (C=O) groups is 1. The fraction of sp³-hybridized carbons (Fsp3) is 0.292. The van der Waals surface area contributed by atoms with Gasteiger partial charge in [0, 0.05) is 41.4 Å². The molecule has 0 radical (unpaired) electrons. The molecule has 2 N–H and O–H groups in total. The van der Waals surface area contributed by atoms with Gasteiger partial charge in [0.1, 0.15) is 0 Å². The van der Waals surface area contributed by atoms with Crippen LogP contribution in [0.2, 0.25) is 5.02 Å². The number of anilines is 1. The minimum Gasteiger partial charge on any atom is -0.359 e. The van der Waals surface area contributed by atoms with Crippen LogP contribution < -0.4 is 5.32 Å². The molecule has 3 aromatic heterocycles. The largest absolute Gasteiger partial charge is 0.401 e. The average Bonchev–Trinajstić information content (AvgIpc) is 3.47. The summed E-state index contributed by atoms with van der Waals surface area (Å²) < 4.78 is 70.2. The van der Waals surface area contributed by atoms with Crippen molar-refractivity contribution in [2.75, 3.05) is 25.0 Å². The number of aromatic nitrogens is 3. The molecule has 4 aromatic rings. The summed E-state index contributed by atoms with van der Waals surface area (Å²) in [6.45, 7) is -0.345. The summed E-state index contributed by atoms with van der Waals surface area (Å²) in [5.41, 5.74) is 1.53. The maximum Gasteiger partial charge on any atom is 0.401 e. The van der Waals surface area contributed by atoms with E-state index in [1.54, 1.807) is 6.07 Å². The van der Waals surface area contributed by atoms with Crippen molar-refractivity contribution in [1.29, 1.82) is 0 Å². The molecule has 0 bridgehead atoms. The van der Waals surface area contributed by atoms with E-state index in [2.05, 4.69) is 20.4 Å². The molecule has 0 unspecified atom stereocenters. The van der Waals surface area contributed by atoms with Crippen LogP contribution in [0.5, 0.6) is 0 Å². The highest BCUT2D eigenvalue weighted by Gasteiger charge is 2.33. The smallest absolute Gasteiger partial charge is 0.359 e. The molecule has 1 aromatic carbocycles. The van der Waals surface area contributed by atoms with Crippen LogP contribution in [0.1, 0.15) is 34.9 Å². The summed E-state index contributed by atoms with van der Waals surface area (Å²) in [4.78, 5) is 21.2. The van der Waals surface area contributed by atoms with Crippen molar-refractivity contribution in [2.45, 2.75) is 24.9 Å². The molecule has 0 spiro atoms. The van der Waals surface area contributed by atoms with Crippen molar-refractivity contribution in [3.63, 3.8) is 0 Å². The number of H-pyrrole nitrogens is 1. The second-order valence-corrected chi connectivity index (χ2v) is 9.21. The van der Waals surface area contributed by atoms with Gasteiger partial charge in [0.05, 0.1) is 28.5 Å². The lowest BCUT2D eigenvalue weighted by Gasteiger charge is -2.32. The number of hydrogen-bond acceptors (Lipinski definition) is 5. The molecule has 1 amide bonds. The first kappa shape index (κ1) is 25.2. The predicted molar refractivity (Wildman–Crippen MR) is 125 cm³/mol. The third-order valence-electron chi connectivity index (χ3n) is 6.24. The Labute approximate surface area is 211 Å². The first-order valence-corrected chi connectivity index (χ1v) is 11.6. The van der Waals surface area contributed by atoms with Gasteiger partial charge in [-0.05, 0) is 38.1 Å². The molecule has 0 saturated carbocycles. The zero-order valence-electron chi connectivity index (χ0n) is 19.0. The Balaban J connectivity index is 1.26. The SMILES string of the molecule is O=C(Nc1c[nH]c2cc(F)c(F)cc12)c1cc(-c2cnc(C3CCN(CC(F)(F)F)CC3)c(Cl)c2)on1. The summed E-state index contributed by atoms with van der Waals surface area (Å²) in [6.07, 6.45) is -0.330. The van der Waals surface area contributed by atoms with E-state index < -0.39 is 30.3 Å². The lowest BCUT2D eigenvalue weighted by Crippen LogP contribution is -2.39. The fourth-order valence-electron chi connectivity index (χ4n) is 4.43. The van der Waals surface area contributed by atoms with Crippen LogP contribution >= 0.6 is 11.6 Å². The number of nitrogens with one attached hydrogen (secondary N) is 2. The summed E-state index contributed by atoms with van der Waals surface area (Å²) in [5.74, 6) is -2.55. The fourth-order valence-corrected chi connectivity index (χ4v) is 4.75. The van der Waals surface area contributed by atoms with E-state index in [1.807, 2.05) is 0 Å². The first-order valence-electron chi connectivity index (χ1n) is 11.3. The number of aromatic amines is 1. The summed E-state index contributed by atoms with van der Waals surface area (Å²) in [7, 11) is 0. The molecule has 5 rings (SSSR count). The van der Waals surface area contributed by atoms with Crippen molar-refractivity contribution in [3.05, 3.63) is 64.7 Å². The van der Waals surface area contributed by atoms with Crippen LogP contribution in [-0.2, 0) is 0 Å². The number of benzene rings is 1. The van der Waals surface area contributed by atoms with Crippen LogP contribution in [0.15, 0.2) is 41.2 Å². The summed E-state index contributed by atoms with van der Waals surface area (Å²) in [5, 5.41) is 6.96. The number of alkyl halides is 3. The third kappa shape index (κ3) is 5.44. The number of carbonyl (C=O) groups excluding carboxylic acids is 1. The second kappa shape index (κ2) is 9.75. The topological polar surface area (TPSA) is 87.0 Å². The maximum atomic E-state index is 13.6. The minimum absolute atomic E-state index is 0.0656. The van der Waals surface area contributed by atoms with Gasteiger partial charge < -0.3 is 14.8 Å². The predicted octanol–water partition coefficient (Wildman–Crippen LogP) is 6.14. The number of nitrogens with zero attached hydrogens (tertiary/aromatic N) is 3. The third-order valence-corrected chi connectivity index (χ3v) is 6.55. The van der Waals surface area contributed by atoms with Crippen molar-refractivity contribution in [3.8, 4) is 11.3 Å². The van der Waals surface area contributed by atoms with Crippen molar-refractivity contribution >= 4 is 34.1 Å². The van der Waals surface area contributed by atoms with E-state index in [-0.39, 0.29) is 28.4 Å². The molecule has 1 aliphatic rings. The molecule has 1 saturated heterocycles. The maximum absolute atomic E-state index is 13.6. The molecular weight excluding hydrogens is 521 g/mol.